The molecule has 0 radical (unpaired) electrons. The normalized spacial score (nSPS) is 13.3. The lowest BCUT2D eigenvalue weighted by molar-refractivity contribution is -0.889. The van der Waals surface area contributed by atoms with Crippen LogP contribution in [0, 0.1) is 0 Å². The standard InChI is InChI=1S/C56H99NO7/c1-6-8-10-12-14-16-18-20-22-24-26-27-29-30-32-34-36-38-40-42-44-46-54(58)63-51-52(50-62-49-48-53(56(60)61)57(3,4)5)64-55(59)47-45-43-41-39-37-35-33-31-28-25-23-21-19-17-15-13-11-9-7-2/h9,11,15,17,21,23,27-29,31,52-53H,6-8,10,12-14,16,18-20,22,24-26,30,32-51H2,1-5H3/b11-9+,17-15+,23-21+,29-27+,31-28+. The monoisotopic (exact) mass is 898 g/mol. The van der Waals surface area contributed by atoms with E-state index in [2.05, 4.69) is 74.6 Å². The molecule has 0 fully saturated rings. The first kappa shape index (κ1) is 61.0. The van der Waals surface area contributed by atoms with Crippen LogP contribution in [0.25, 0.3) is 0 Å². The number of carboxylic acid groups (broad SMARTS) is 1. The fourth-order valence-electron chi connectivity index (χ4n) is 7.59. The summed E-state index contributed by atoms with van der Waals surface area (Å²) in [6.07, 6.45) is 58.2. The van der Waals surface area contributed by atoms with E-state index in [0.717, 1.165) is 77.0 Å². The average molecular weight is 898 g/mol. The molecule has 0 aliphatic carbocycles. The third-order valence-corrected chi connectivity index (χ3v) is 11.6. The highest BCUT2D eigenvalue weighted by Gasteiger charge is 2.25. The van der Waals surface area contributed by atoms with Crippen LogP contribution in [0.15, 0.2) is 60.8 Å². The van der Waals surface area contributed by atoms with Crippen molar-refractivity contribution in [1.82, 2.24) is 0 Å². The number of esters is 2. The van der Waals surface area contributed by atoms with Crippen LogP contribution in [0.2, 0.25) is 0 Å². The van der Waals surface area contributed by atoms with Gasteiger partial charge in [0, 0.05) is 19.3 Å². The lowest BCUT2D eigenvalue weighted by Gasteiger charge is -2.34. The van der Waals surface area contributed by atoms with E-state index in [-0.39, 0.29) is 42.7 Å². The second-order valence-corrected chi connectivity index (χ2v) is 18.7. The number of carbonyl (C=O) groups excluding carboxylic acids is 3. The highest BCUT2D eigenvalue weighted by atomic mass is 16.6. The lowest BCUT2D eigenvalue weighted by atomic mass is 10.1. The fourth-order valence-corrected chi connectivity index (χ4v) is 7.59. The Morgan fingerprint density at radius 1 is 0.484 bits per heavy atom. The number of rotatable bonds is 47. The number of carboxylic acids is 1. The van der Waals surface area contributed by atoms with Crippen LogP contribution in [0.4, 0.5) is 0 Å². The Hall–Kier alpha value is -2.97. The van der Waals surface area contributed by atoms with Gasteiger partial charge in [0.05, 0.1) is 40.3 Å². The highest BCUT2D eigenvalue weighted by Crippen LogP contribution is 2.15. The van der Waals surface area contributed by atoms with E-state index in [9.17, 15) is 19.5 Å². The van der Waals surface area contributed by atoms with Gasteiger partial charge in [-0.1, -0.05) is 190 Å². The molecular weight excluding hydrogens is 799 g/mol. The molecule has 0 aliphatic heterocycles. The zero-order valence-electron chi connectivity index (χ0n) is 42.2. The third-order valence-electron chi connectivity index (χ3n) is 11.6. The maximum atomic E-state index is 12.8. The zero-order valence-corrected chi connectivity index (χ0v) is 42.2. The summed E-state index contributed by atoms with van der Waals surface area (Å²) in [7, 11) is 5.41. The zero-order chi connectivity index (χ0) is 47.0. The third kappa shape index (κ3) is 44.2. The number of nitrogens with zero attached hydrogens (tertiary/aromatic N) is 1. The van der Waals surface area contributed by atoms with E-state index < -0.39 is 18.1 Å². The first-order chi connectivity index (χ1) is 31.1. The summed E-state index contributed by atoms with van der Waals surface area (Å²) in [5.74, 6) is -1.76. The van der Waals surface area contributed by atoms with E-state index in [0.29, 0.717) is 12.8 Å². The van der Waals surface area contributed by atoms with Gasteiger partial charge in [0.1, 0.15) is 12.6 Å². The molecule has 0 saturated carbocycles. The van der Waals surface area contributed by atoms with Crippen LogP contribution in [-0.2, 0) is 28.6 Å². The van der Waals surface area contributed by atoms with E-state index in [4.69, 9.17) is 14.2 Å². The minimum absolute atomic E-state index is 0.0321. The highest BCUT2D eigenvalue weighted by molar-refractivity contribution is 5.70. The number of allylic oxidation sites excluding steroid dienone is 10. The second kappa shape index (κ2) is 46.6. The summed E-state index contributed by atoms with van der Waals surface area (Å²) in [6.45, 7) is 4.55. The Bertz CT molecular complexity index is 1230. The number of aliphatic carboxylic acids is 1. The Morgan fingerprint density at radius 2 is 0.875 bits per heavy atom. The molecule has 2 atom stereocenters. The number of hydrogen-bond acceptors (Lipinski definition) is 7. The molecule has 8 nitrogen and oxygen atoms in total. The summed E-state index contributed by atoms with van der Waals surface area (Å²) in [5.41, 5.74) is 0. The van der Waals surface area contributed by atoms with Gasteiger partial charge in [-0.25, -0.2) is 0 Å². The van der Waals surface area contributed by atoms with Gasteiger partial charge < -0.3 is 28.6 Å². The molecular formula is C56H99NO7. The number of ether oxygens (including phenoxy) is 3. The van der Waals surface area contributed by atoms with Gasteiger partial charge >= 0.3 is 11.9 Å². The molecule has 0 heterocycles. The number of unbranched alkanes of at least 4 members (excludes halogenated alkanes) is 23. The Balaban J connectivity index is 4.26. The van der Waals surface area contributed by atoms with E-state index in [1.54, 1.807) is 21.1 Å². The van der Waals surface area contributed by atoms with Crippen molar-refractivity contribution in [2.45, 2.75) is 238 Å². The van der Waals surface area contributed by atoms with Crippen molar-refractivity contribution in [3.8, 4) is 0 Å². The van der Waals surface area contributed by atoms with Crippen molar-refractivity contribution in [2.75, 3.05) is 41.0 Å². The second-order valence-electron chi connectivity index (χ2n) is 18.7. The molecule has 0 aromatic rings. The minimum atomic E-state index is -1.13. The molecule has 2 unspecified atom stereocenters. The molecule has 0 saturated heterocycles. The average Bonchev–Trinajstić information content (AvgIpc) is 3.26. The summed E-state index contributed by atoms with van der Waals surface area (Å²) < 4.78 is 17.2. The summed E-state index contributed by atoms with van der Waals surface area (Å²) in [5, 5.41) is 11.7. The molecule has 0 N–H and O–H groups in total. The SMILES string of the molecule is CC/C=C/C/C=C/C/C=C/C/C=C/CCCCCCCCC(=O)OC(COCCC(C(=O)[O-])[N+](C)(C)C)COC(=O)CCCCCCCCC/C=C/CCCCCCCCCCCC. The van der Waals surface area contributed by atoms with Gasteiger partial charge in [0.25, 0.3) is 0 Å². The van der Waals surface area contributed by atoms with E-state index >= 15 is 0 Å². The maximum Gasteiger partial charge on any atom is 0.306 e. The molecule has 64 heavy (non-hydrogen) atoms. The van der Waals surface area contributed by atoms with Crippen LogP contribution in [-0.4, -0.2) is 75.5 Å². The van der Waals surface area contributed by atoms with Crippen LogP contribution < -0.4 is 5.11 Å². The molecule has 0 bridgehead atoms. The van der Waals surface area contributed by atoms with Crippen molar-refractivity contribution in [2.24, 2.45) is 0 Å². The summed E-state index contributed by atoms with van der Waals surface area (Å²) in [4.78, 5) is 37.1. The van der Waals surface area contributed by atoms with Gasteiger partial charge in [0.2, 0.25) is 0 Å². The van der Waals surface area contributed by atoms with Crippen molar-refractivity contribution >= 4 is 17.9 Å². The van der Waals surface area contributed by atoms with Gasteiger partial charge in [-0.3, -0.25) is 9.59 Å². The molecule has 0 spiro atoms. The van der Waals surface area contributed by atoms with Crippen molar-refractivity contribution in [3.63, 3.8) is 0 Å². The predicted octanol–water partition coefficient (Wildman–Crippen LogP) is 14.0. The smallest absolute Gasteiger partial charge is 0.306 e. The van der Waals surface area contributed by atoms with Gasteiger partial charge in [0.15, 0.2) is 6.10 Å². The number of likely N-dealkylation sites (N-methyl/N-ethyl adjacent to an activating group) is 1. The van der Waals surface area contributed by atoms with E-state index in [1.165, 1.54) is 116 Å². The fraction of sp³-hybridized carbons (Fsp3) is 0.768. The molecule has 8 heteroatoms. The number of carbonyl (C=O) groups is 3. The predicted molar refractivity (Wildman–Crippen MR) is 268 cm³/mol. The van der Waals surface area contributed by atoms with Gasteiger partial charge in [-0.2, -0.15) is 0 Å². The van der Waals surface area contributed by atoms with Crippen LogP contribution in [0.5, 0.6) is 0 Å². The Morgan fingerprint density at radius 3 is 1.31 bits per heavy atom. The summed E-state index contributed by atoms with van der Waals surface area (Å²) in [6, 6.07) is -0.732. The van der Waals surface area contributed by atoms with Gasteiger partial charge in [-0.05, 0) is 77.0 Å². The first-order valence-corrected chi connectivity index (χ1v) is 26.3. The van der Waals surface area contributed by atoms with E-state index in [1.807, 2.05) is 0 Å². The quantitative estimate of drug-likeness (QED) is 0.0259. The largest absolute Gasteiger partial charge is 0.544 e. The lowest BCUT2D eigenvalue weighted by Crippen LogP contribution is -2.55. The Kier molecular flexibility index (Phi) is 44.4. The molecule has 370 valence electrons. The topological polar surface area (TPSA) is 102 Å². The molecule has 0 aromatic carbocycles. The molecule has 0 amide bonds. The molecule has 0 rings (SSSR count). The van der Waals surface area contributed by atoms with Crippen LogP contribution in [0.3, 0.4) is 0 Å². The maximum absolute atomic E-state index is 12.8. The van der Waals surface area contributed by atoms with Crippen molar-refractivity contribution in [1.29, 1.82) is 0 Å². The minimum Gasteiger partial charge on any atom is -0.544 e. The summed E-state index contributed by atoms with van der Waals surface area (Å²) >= 11 is 0. The first-order valence-electron chi connectivity index (χ1n) is 26.3. The van der Waals surface area contributed by atoms with Crippen molar-refractivity contribution < 1.29 is 38.2 Å². The van der Waals surface area contributed by atoms with Crippen LogP contribution >= 0.6 is 0 Å². The van der Waals surface area contributed by atoms with Crippen molar-refractivity contribution in [3.05, 3.63) is 60.8 Å². The van der Waals surface area contributed by atoms with Gasteiger partial charge in [-0.15, -0.1) is 0 Å². The number of hydrogen-bond donors (Lipinski definition) is 0. The molecule has 0 aliphatic rings. The van der Waals surface area contributed by atoms with Crippen LogP contribution in [0.1, 0.15) is 226 Å². The molecule has 0 aromatic heterocycles. The number of quaternary nitrogens is 1. The Labute approximate surface area is 394 Å².